The molecule has 0 aromatic carbocycles. The van der Waals surface area contributed by atoms with Crippen molar-refractivity contribution in [3.05, 3.63) is 0 Å². The van der Waals surface area contributed by atoms with Crippen LogP contribution in [0.2, 0.25) is 0 Å². The van der Waals surface area contributed by atoms with Crippen LogP contribution in [-0.4, -0.2) is 17.6 Å². The molecule has 2 aliphatic rings. The first-order chi connectivity index (χ1) is 6.65. The third-order valence-electron chi connectivity index (χ3n) is 4.14. The lowest BCUT2D eigenvalue weighted by atomic mass is 9.89. The molecule has 3 heteroatoms. The maximum absolute atomic E-state index is 11.1. The average Bonchev–Trinajstić information content (AvgIpc) is 2.98. The summed E-state index contributed by atoms with van der Waals surface area (Å²) in [5.41, 5.74) is 5.04. The SMILES string of the molecule is CCC(C1CC1)C1CC1(CN)C(=O)O. The van der Waals surface area contributed by atoms with Gasteiger partial charge in [-0.15, -0.1) is 0 Å². The lowest BCUT2D eigenvalue weighted by Crippen LogP contribution is -2.29. The molecule has 2 rings (SSSR count). The summed E-state index contributed by atoms with van der Waals surface area (Å²) in [6.45, 7) is 2.49. The molecule has 0 aliphatic heterocycles. The largest absolute Gasteiger partial charge is 0.481 e. The van der Waals surface area contributed by atoms with E-state index in [1.54, 1.807) is 0 Å². The van der Waals surface area contributed by atoms with E-state index in [0.29, 0.717) is 18.4 Å². The van der Waals surface area contributed by atoms with Crippen LogP contribution < -0.4 is 5.73 Å². The molecule has 0 aromatic rings. The van der Waals surface area contributed by atoms with Crippen LogP contribution in [0.15, 0.2) is 0 Å². The van der Waals surface area contributed by atoms with Crippen LogP contribution in [0.25, 0.3) is 0 Å². The Morgan fingerprint density at radius 3 is 2.57 bits per heavy atom. The van der Waals surface area contributed by atoms with Gasteiger partial charge in [0, 0.05) is 6.54 Å². The van der Waals surface area contributed by atoms with Gasteiger partial charge in [-0.1, -0.05) is 13.3 Å². The van der Waals surface area contributed by atoms with Crippen LogP contribution in [0.1, 0.15) is 32.6 Å². The van der Waals surface area contributed by atoms with E-state index in [1.807, 2.05) is 0 Å². The molecule has 3 unspecified atom stereocenters. The van der Waals surface area contributed by atoms with Gasteiger partial charge in [0.1, 0.15) is 0 Å². The molecule has 3 nitrogen and oxygen atoms in total. The zero-order valence-electron chi connectivity index (χ0n) is 8.70. The number of hydrogen-bond donors (Lipinski definition) is 2. The van der Waals surface area contributed by atoms with Gasteiger partial charge < -0.3 is 10.8 Å². The number of nitrogens with two attached hydrogens (primary N) is 1. The third kappa shape index (κ3) is 1.34. The number of carbonyl (C=O) groups is 1. The van der Waals surface area contributed by atoms with Gasteiger partial charge >= 0.3 is 5.97 Å². The molecule has 2 fully saturated rings. The highest BCUT2D eigenvalue weighted by Crippen LogP contribution is 2.61. The molecule has 14 heavy (non-hydrogen) atoms. The van der Waals surface area contributed by atoms with Gasteiger partial charge in [-0.25, -0.2) is 0 Å². The van der Waals surface area contributed by atoms with Crippen LogP contribution in [0.3, 0.4) is 0 Å². The van der Waals surface area contributed by atoms with Crippen LogP contribution in [-0.2, 0) is 4.79 Å². The molecule has 3 N–H and O–H groups in total. The summed E-state index contributed by atoms with van der Waals surface area (Å²) >= 11 is 0. The van der Waals surface area contributed by atoms with E-state index in [1.165, 1.54) is 12.8 Å². The Hall–Kier alpha value is -0.570. The standard InChI is InChI=1S/C11H19NO2/c1-2-8(7-3-4-7)9-5-11(9,6-12)10(13)14/h7-9H,2-6,12H2,1H3,(H,13,14). The molecule has 0 spiro atoms. The zero-order valence-corrected chi connectivity index (χ0v) is 8.70. The van der Waals surface area contributed by atoms with Gasteiger partial charge in [-0.3, -0.25) is 4.79 Å². The highest BCUT2D eigenvalue weighted by Gasteiger charge is 2.63. The molecule has 0 saturated heterocycles. The van der Waals surface area contributed by atoms with Crippen molar-refractivity contribution < 1.29 is 9.90 Å². The van der Waals surface area contributed by atoms with Crippen molar-refractivity contribution in [1.29, 1.82) is 0 Å². The number of aliphatic carboxylic acids is 1. The molecule has 2 saturated carbocycles. The second-order valence-electron chi connectivity index (χ2n) is 4.89. The van der Waals surface area contributed by atoms with E-state index >= 15 is 0 Å². The predicted molar refractivity (Wildman–Crippen MR) is 53.7 cm³/mol. The molecule has 0 aromatic heterocycles. The summed E-state index contributed by atoms with van der Waals surface area (Å²) < 4.78 is 0. The van der Waals surface area contributed by atoms with Crippen LogP contribution in [0.4, 0.5) is 0 Å². The monoisotopic (exact) mass is 197 g/mol. The van der Waals surface area contributed by atoms with Crippen LogP contribution >= 0.6 is 0 Å². The number of carboxylic acid groups (broad SMARTS) is 1. The fourth-order valence-corrected chi connectivity index (χ4v) is 2.93. The number of rotatable bonds is 5. The minimum absolute atomic E-state index is 0.316. The Bertz CT molecular complexity index is 250. The summed E-state index contributed by atoms with van der Waals surface area (Å²) in [5, 5.41) is 9.14. The first-order valence-electron chi connectivity index (χ1n) is 5.59. The van der Waals surface area contributed by atoms with Crippen LogP contribution in [0.5, 0.6) is 0 Å². The Labute approximate surface area is 84.7 Å². The van der Waals surface area contributed by atoms with E-state index in [4.69, 9.17) is 10.8 Å². The quantitative estimate of drug-likeness (QED) is 0.701. The minimum Gasteiger partial charge on any atom is -0.481 e. The fourth-order valence-electron chi connectivity index (χ4n) is 2.93. The Morgan fingerprint density at radius 2 is 2.29 bits per heavy atom. The Morgan fingerprint density at radius 1 is 1.64 bits per heavy atom. The second-order valence-corrected chi connectivity index (χ2v) is 4.89. The summed E-state index contributed by atoms with van der Waals surface area (Å²) in [5.74, 6) is 1.11. The van der Waals surface area contributed by atoms with Gasteiger partial charge in [-0.2, -0.15) is 0 Å². The van der Waals surface area contributed by atoms with Crippen molar-refractivity contribution in [2.45, 2.75) is 32.6 Å². The van der Waals surface area contributed by atoms with Crippen molar-refractivity contribution in [3.8, 4) is 0 Å². The van der Waals surface area contributed by atoms with Gasteiger partial charge in [0.25, 0.3) is 0 Å². The molecule has 0 amide bonds. The molecule has 0 bridgehead atoms. The maximum atomic E-state index is 11.1. The van der Waals surface area contributed by atoms with E-state index in [9.17, 15) is 4.79 Å². The Balaban J connectivity index is 2.03. The number of hydrogen-bond acceptors (Lipinski definition) is 2. The molecule has 0 heterocycles. The third-order valence-corrected chi connectivity index (χ3v) is 4.14. The summed E-state index contributed by atoms with van der Waals surface area (Å²) in [7, 11) is 0. The molecule has 80 valence electrons. The molecule has 3 atom stereocenters. The molecular formula is C11H19NO2. The molecule has 2 aliphatic carbocycles. The van der Waals surface area contributed by atoms with Crippen molar-refractivity contribution in [1.82, 2.24) is 0 Å². The van der Waals surface area contributed by atoms with Crippen LogP contribution in [0, 0.1) is 23.2 Å². The zero-order chi connectivity index (χ0) is 10.3. The fraction of sp³-hybridized carbons (Fsp3) is 0.909. The first kappa shape index (κ1) is 9.97. The second kappa shape index (κ2) is 3.23. The Kier molecular flexibility index (Phi) is 2.30. The van der Waals surface area contributed by atoms with Gasteiger partial charge in [0.2, 0.25) is 0 Å². The van der Waals surface area contributed by atoms with Crippen molar-refractivity contribution in [3.63, 3.8) is 0 Å². The van der Waals surface area contributed by atoms with E-state index < -0.39 is 11.4 Å². The summed E-state index contributed by atoms with van der Waals surface area (Å²) in [4.78, 5) is 11.1. The maximum Gasteiger partial charge on any atom is 0.311 e. The lowest BCUT2D eigenvalue weighted by Gasteiger charge is -2.17. The predicted octanol–water partition coefficient (Wildman–Crippen LogP) is 1.47. The molecule has 0 radical (unpaired) electrons. The number of carboxylic acids is 1. The lowest BCUT2D eigenvalue weighted by molar-refractivity contribution is -0.143. The van der Waals surface area contributed by atoms with Gasteiger partial charge in [-0.05, 0) is 37.0 Å². The van der Waals surface area contributed by atoms with Gasteiger partial charge in [0.05, 0.1) is 5.41 Å². The van der Waals surface area contributed by atoms with E-state index in [0.717, 1.165) is 18.8 Å². The molecular weight excluding hydrogens is 178 g/mol. The van der Waals surface area contributed by atoms with E-state index in [-0.39, 0.29) is 0 Å². The normalized spacial score (nSPS) is 38.0. The topological polar surface area (TPSA) is 63.3 Å². The average molecular weight is 197 g/mol. The summed E-state index contributed by atoms with van der Waals surface area (Å²) in [6.07, 6.45) is 4.53. The smallest absolute Gasteiger partial charge is 0.311 e. The first-order valence-corrected chi connectivity index (χ1v) is 5.59. The van der Waals surface area contributed by atoms with Crippen molar-refractivity contribution in [2.24, 2.45) is 28.9 Å². The highest BCUT2D eigenvalue weighted by molar-refractivity contribution is 5.79. The van der Waals surface area contributed by atoms with Gasteiger partial charge in [0.15, 0.2) is 0 Å². The minimum atomic E-state index is -0.677. The van der Waals surface area contributed by atoms with Crippen molar-refractivity contribution >= 4 is 5.97 Å². The summed E-state index contributed by atoms with van der Waals surface area (Å²) in [6, 6.07) is 0. The highest BCUT2D eigenvalue weighted by atomic mass is 16.4. The van der Waals surface area contributed by atoms with Crippen molar-refractivity contribution in [2.75, 3.05) is 6.54 Å². The van der Waals surface area contributed by atoms with E-state index in [2.05, 4.69) is 6.92 Å².